The molecule has 5 fully saturated rings. The van der Waals surface area contributed by atoms with Gasteiger partial charge in [-0.2, -0.15) is 0 Å². The largest absolute Gasteiger partial charge is 0.458 e. The van der Waals surface area contributed by atoms with Gasteiger partial charge in [-0.25, -0.2) is 4.79 Å². The first kappa shape index (κ1) is 22.5. The van der Waals surface area contributed by atoms with E-state index in [0.29, 0.717) is 42.4 Å². The molecule has 1 saturated heterocycles. The minimum atomic E-state index is -0.511. The van der Waals surface area contributed by atoms with E-state index in [4.69, 9.17) is 9.47 Å². The summed E-state index contributed by atoms with van der Waals surface area (Å²) in [4.78, 5) is 12.4. The Hall–Kier alpha value is -0.910. The monoisotopic (exact) mass is 458 g/mol. The molecule has 1 spiro atoms. The van der Waals surface area contributed by atoms with Crippen molar-refractivity contribution in [2.75, 3.05) is 0 Å². The summed E-state index contributed by atoms with van der Waals surface area (Å²) >= 11 is 0. The number of carbonyl (C=O) groups excluding carboxylic acids is 1. The summed E-state index contributed by atoms with van der Waals surface area (Å²) in [6.07, 6.45) is 7.14. The molecule has 0 radical (unpaired) electrons. The SMILES string of the molecule is CC1=C(C)C(=O)O[C@@H]([C@@H](C)[C@H]2CC[C@H]3[C@@H]4C[C@H]5O[C@]56[C@@H](O)CC[C@@H](O)[C@]6(C)[C@H]4CC[C@]23C)C1. The number of hydrogen-bond donors (Lipinski definition) is 2. The molecule has 0 bridgehead atoms. The van der Waals surface area contributed by atoms with Crippen molar-refractivity contribution >= 4 is 5.97 Å². The number of ether oxygens (including phenoxy) is 2. The van der Waals surface area contributed by atoms with Crippen LogP contribution in [0.15, 0.2) is 11.1 Å². The van der Waals surface area contributed by atoms with Crippen LogP contribution in [0.25, 0.3) is 0 Å². The molecule has 5 heteroatoms. The zero-order valence-corrected chi connectivity index (χ0v) is 21.0. The second-order valence-corrected chi connectivity index (χ2v) is 13.0. The third kappa shape index (κ3) is 2.68. The molecule has 12 atom stereocenters. The van der Waals surface area contributed by atoms with Crippen LogP contribution < -0.4 is 0 Å². The zero-order chi connectivity index (χ0) is 23.5. The maximum absolute atomic E-state index is 12.4. The van der Waals surface area contributed by atoms with Crippen molar-refractivity contribution < 1.29 is 24.5 Å². The van der Waals surface area contributed by atoms with Gasteiger partial charge in [-0.05, 0) is 93.8 Å². The van der Waals surface area contributed by atoms with Crippen molar-refractivity contribution in [1.29, 1.82) is 0 Å². The number of hydrogen-bond acceptors (Lipinski definition) is 5. The highest BCUT2D eigenvalue weighted by molar-refractivity contribution is 5.89. The summed E-state index contributed by atoms with van der Waals surface area (Å²) in [6.45, 7) is 11.0. The lowest BCUT2D eigenvalue weighted by Crippen LogP contribution is -2.66. The maximum atomic E-state index is 12.4. The highest BCUT2D eigenvalue weighted by Crippen LogP contribution is 2.74. The van der Waals surface area contributed by atoms with E-state index in [1.54, 1.807) is 0 Å². The number of carbonyl (C=O) groups is 1. The van der Waals surface area contributed by atoms with E-state index in [2.05, 4.69) is 27.7 Å². The van der Waals surface area contributed by atoms with Gasteiger partial charge in [0, 0.05) is 17.4 Å². The van der Waals surface area contributed by atoms with Crippen molar-refractivity contribution in [2.24, 2.45) is 40.4 Å². The van der Waals surface area contributed by atoms with Crippen molar-refractivity contribution in [1.82, 2.24) is 0 Å². The Kier molecular flexibility index (Phi) is 4.83. The first-order valence-corrected chi connectivity index (χ1v) is 13.5. The number of aliphatic hydroxyl groups is 2. The fourth-order valence-corrected chi connectivity index (χ4v) is 10.1. The molecule has 0 aromatic heterocycles. The van der Waals surface area contributed by atoms with E-state index >= 15 is 0 Å². The van der Waals surface area contributed by atoms with Crippen molar-refractivity contribution in [3.63, 3.8) is 0 Å². The van der Waals surface area contributed by atoms with E-state index in [1.165, 1.54) is 18.4 Å². The van der Waals surface area contributed by atoms with Gasteiger partial charge < -0.3 is 19.7 Å². The Bertz CT molecular complexity index is 897. The van der Waals surface area contributed by atoms with Gasteiger partial charge in [0.1, 0.15) is 11.7 Å². The average Bonchev–Trinajstić information content (AvgIpc) is 3.41. The Morgan fingerprint density at radius 2 is 1.73 bits per heavy atom. The number of fused-ring (bicyclic) bond motifs is 4. The number of epoxide rings is 1. The first-order valence-electron chi connectivity index (χ1n) is 13.5. The summed E-state index contributed by atoms with van der Waals surface area (Å²) in [5.74, 6) is 2.34. The van der Waals surface area contributed by atoms with Gasteiger partial charge in [0.15, 0.2) is 0 Å². The third-order valence-electron chi connectivity index (χ3n) is 12.2. The molecule has 5 nitrogen and oxygen atoms in total. The van der Waals surface area contributed by atoms with E-state index < -0.39 is 11.7 Å². The van der Waals surface area contributed by atoms with Crippen molar-refractivity contribution in [3.05, 3.63) is 11.1 Å². The highest BCUT2D eigenvalue weighted by Gasteiger charge is 2.80. The molecule has 4 aliphatic carbocycles. The van der Waals surface area contributed by atoms with E-state index in [9.17, 15) is 15.0 Å². The molecule has 6 rings (SSSR count). The summed E-state index contributed by atoms with van der Waals surface area (Å²) in [5, 5.41) is 22.2. The standard InChI is InChI=1S/C28H42O5/c1-14-12-21(32-25(31)15(14)2)16(3)18-6-7-19-17-13-24-28(33-24)23(30)9-8-22(29)27(28,5)20(17)10-11-26(18,19)4/h16-24,29-30H,6-13H2,1-5H3/t16-,17-,18+,19-,20-,21+,22+,23-,24+,26+,27-,28+/m0/s1. The van der Waals surface area contributed by atoms with E-state index in [-0.39, 0.29) is 35.1 Å². The molecule has 0 amide bonds. The van der Waals surface area contributed by atoms with E-state index in [1.807, 2.05) is 6.92 Å². The van der Waals surface area contributed by atoms with Gasteiger partial charge in [0.05, 0.1) is 18.3 Å². The summed E-state index contributed by atoms with van der Waals surface area (Å²) < 4.78 is 12.3. The van der Waals surface area contributed by atoms with Crippen LogP contribution in [0.2, 0.25) is 0 Å². The second kappa shape index (κ2) is 7.07. The molecule has 6 aliphatic rings. The Morgan fingerprint density at radius 3 is 2.45 bits per heavy atom. The highest BCUT2D eigenvalue weighted by atomic mass is 16.6. The normalized spacial score (nSPS) is 56.3. The van der Waals surface area contributed by atoms with E-state index in [0.717, 1.165) is 31.3 Å². The third-order valence-corrected chi connectivity index (χ3v) is 12.2. The molecule has 0 aromatic rings. The van der Waals surface area contributed by atoms with Crippen LogP contribution in [0.4, 0.5) is 0 Å². The molecule has 2 N–H and O–H groups in total. The quantitative estimate of drug-likeness (QED) is 0.474. The molecule has 4 saturated carbocycles. The van der Waals surface area contributed by atoms with Crippen LogP contribution >= 0.6 is 0 Å². The van der Waals surface area contributed by atoms with Crippen LogP contribution in [-0.2, 0) is 14.3 Å². The fourth-order valence-electron chi connectivity index (χ4n) is 10.1. The van der Waals surface area contributed by atoms with Crippen molar-refractivity contribution in [2.45, 2.75) is 116 Å². The Balaban J connectivity index is 1.27. The summed E-state index contributed by atoms with van der Waals surface area (Å²) in [6, 6.07) is 0. The van der Waals surface area contributed by atoms with Crippen LogP contribution in [-0.4, -0.2) is 46.2 Å². The average molecular weight is 459 g/mol. The molecular formula is C28H42O5. The van der Waals surface area contributed by atoms with Gasteiger partial charge in [0.25, 0.3) is 0 Å². The number of rotatable bonds is 2. The van der Waals surface area contributed by atoms with Crippen LogP contribution in [0.3, 0.4) is 0 Å². The molecule has 33 heavy (non-hydrogen) atoms. The topological polar surface area (TPSA) is 79.3 Å². The second-order valence-electron chi connectivity index (χ2n) is 13.0. The molecule has 0 aromatic carbocycles. The molecule has 2 heterocycles. The predicted octanol–water partition coefficient (Wildman–Crippen LogP) is 4.40. The van der Waals surface area contributed by atoms with Gasteiger partial charge in [-0.3, -0.25) is 0 Å². The van der Waals surface area contributed by atoms with Crippen LogP contribution in [0.5, 0.6) is 0 Å². The first-order chi connectivity index (χ1) is 15.6. The molecule has 184 valence electrons. The maximum Gasteiger partial charge on any atom is 0.333 e. The van der Waals surface area contributed by atoms with Crippen LogP contribution in [0.1, 0.15) is 86.0 Å². The molecule has 0 unspecified atom stereocenters. The number of esters is 1. The van der Waals surface area contributed by atoms with Gasteiger partial charge >= 0.3 is 5.97 Å². The minimum Gasteiger partial charge on any atom is -0.458 e. The smallest absolute Gasteiger partial charge is 0.333 e. The fraction of sp³-hybridized carbons (Fsp3) is 0.893. The van der Waals surface area contributed by atoms with Gasteiger partial charge in [0.2, 0.25) is 0 Å². The Labute approximate surface area is 198 Å². The summed E-state index contributed by atoms with van der Waals surface area (Å²) in [7, 11) is 0. The molecular weight excluding hydrogens is 416 g/mol. The van der Waals surface area contributed by atoms with Crippen molar-refractivity contribution in [3.8, 4) is 0 Å². The van der Waals surface area contributed by atoms with Gasteiger partial charge in [-0.15, -0.1) is 0 Å². The summed E-state index contributed by atoms with van der Waals surface area (Å²) in [5.41, 5.74) is 1.34. The Morgan fingerprint density at radius 1 is 1.00 bits per heavy atom. The predicted molar refractivity (Wildman–Crippen MR) is 124 cm³/mol. The minimum absolute atomic E-state index is 0.0156. The number of cyclic esters (lactones) is 1. The van der Waals surface area contributed by atoms with Gasteiger partial charge in [-0.1, -0.05) is 26.3 Å². The lowest BCUT2D eigenvalue weighted by atomic mass is 9.43. The number of aliphatic hydroxyl groups excluding tert-OH is 2. The molecule has 2 aliphatic heterocycles. The van der Waals surface area contributed by atoms with Crippen LogP contribution in [0, 0.1) is 40.4 Å². The lowest BCUT2D eigenvalue weighted by molar-refractivity contribution is -0.186. The lowest BCUT2D eigenvalue weighted by Gasteiger charge is -2.61. The zero-order valence-electron chi connectivity index (χ0n) is 21.0.